The molecule has 18 heavy (non-hydrogen) atoms. The summed E-state index contributed by atoms with van der Waals surface area (Å²) >= 11 is 1.78. The molecule has 0 fully saturated rings. The SMILES string of the molecule is C[C@H](NCc1cnc(C(C)(C)C)s1)c1cn[nH]c1. The number of aromatic nitrogens is 3. The minimum absolute atomic E-state index is 0.138. The van der Waals surface area contributed by atoms with Crippen molar-refractivity contribution < 1.29 is 0 Å². The lowest BCUT2D eigenvalue weighted by Crippen LogP contribution is -2.16. The van der Waals surface area contributed by atoms with Crippen LogP contribution in [0.1, 0.15) is 49.2 Å². The highest BCUT2D eigenvalue weighted by Crippen LogP contribution is 2.26. The molecule has 2 rings (SSSR count). The van der Waals surface area contributed by atoms with Gasteiger partial charge in [0.1, 0.15) is 0 Å². The van der Waals surface area contributed by atoms with E-state index >= 15 is 0 Å². The van der Waals surface area contributed by atoms with E-state index in [9.17, 15) is 0 Å². The van der Waals surface area contributed by atoms with Crippen molar-refractivity contribution in [2.45, 2.75) is 45.7 Å². The Morgan fingerprint density at radius 3 is 2.72 bits per heavy atom. The zero-order valence-electron chi connectivity index (χ0n) is 11.3. The molecular weight excluding hydrogens is 244 g/mol. The maximum atomic E-state index is 4.49. The van der Waals surface area contributed by atoms with Crippen molar-refractivity contribution in [1.29, 1.82) is 0 Å². The first-order valence-corrected chi connectivity index (χ1v) is 6.95. The van der Waals surface area contributed by atoms with Gasteiger partial charge in [-0.05, 0) is 6.92 Å². The molecule has 5 heteroatoms. The molecule has 0 unspecified atom stereocenters. The summed E-state index contributed by atoms with van der Waals surface area (Å²) in [5.74, 6) is 0. The minimum Gasteiger partial charge on any atom is -0.305 e. The summed E-state index contributed by atoms with van der Waals surface area (Å²) in [4.78, 5) is 5.76. The Hall–Kier alpha value is -1.20. The predicted octanol–water partition coefficient (Wildman–Crippen LogP) is 3.01. The second kappa shape index (κ2) is 5.20. The van der Waals surface area contributed by atoms with E-state index in [2.05, 4.69) is 48.2 Å². The molecule has 2 N–H and O–H groups in total. The highest BCUT2D eigenvalue weighted by molar-refractivity contribution is 7.11. The van der Waals surface area contributed by atoms with Gasteiger partial charge in [0.2, 0.25) is 0 Å². The van der Waals surface area contributed by atoms with E-state index in [1.165, 1.54) is 15.4 Å². The highest BCUT2D eigenvalue weighted by atomic mass is 32.1. The van der Waals surface area contributed by atoms with Crippen LogP contribution < -0.4 is 5.32 Å². The monoisotopic (exact) mass is 264 g/mol. The molecule has 2 aromatic rings. The summed E-state index contributed by atoms with van der Waals surface area (Å²) in [6.45, 7) is 9.56. The molecule has 0 spiro atoms. The average molecular weight is 264 g/mol. The van der Waals surface area contributed by atoms with Gasteiger partial charge in [-0.25, -0.2) is 4.98 Å². The first kappa shape index (κ1) is 13.2. The van der Waals surface area contributed by atoms with Crippen molar-refractivity contribution in [3.8, 4) is 0 Å². The molecule has 0 bridgehead atoms. The molecule has 0 aromatic carbocycles. The number of hydrogen-bond donors (Lipinski definition) is 2. The smallest absolute Gasteiger partial charge is 0.0981 e. The van der Waals surface area contributed by atoms with Gasteiger partial charge >= 0.3 is 0 Å². The van der Waals surface area contributed by atoms with E-state index < -0.39 is 0 Å². The van der Waals surface area contributed by atoms with Crippen LogP contribution in [0.15, 0.2) is 18.6 Å². The largest absolute Gasteiger partial charge is 0.305 e. The Morgan fingerprint density at radius 1 is 1.39 bits per heavy atom. The topological polar surface area (TPSA) is 53.6 Å². The van der Waals surface area contributed by atoms with Gasteiger partial charge in [0, 0.05) is 40.8 Å². The second-order valence-electron chi connectivity index (χ2n) is 5.52. The number of nitrogens with zero attached hydrogens (tertiary/aromatic N) is 2. The molecule has 4 nitrogen and oxygen atoms in total. The van der Waals surface area contributed by atoms with Gasteiger partial charge in [-0.2, -0.15) is 5.10 Å². The molecule has 98 valence electrons. The highest BCUT2D eigenvalue weighted by Gasteiger charge is 2.18. The molecule has 0 amide bonds. The number of nitrogens with one attached hydrogen (secondary N) is 2. The van der Waals surface area contributed by atoms with Crippen LogP contribution >= 0.6 is 11.3 Å². The molecule has 0 aliphatic carbocycles. The lowest BCUT2D eigenvalue weighted by atomic mass is 9.98. The van der Waals surface area contributed by atoms with Crippen LogP contribution in [-0.2, 0) is 12.0 Å². The van der Waals surface area contributed by atoms with E-state index in [1.807, 2.05) is 18.6 Å². The number of hydrogen-bond acceptors (Lipinski definition) is 4. The molecular formula is C13H20N4S. The van der Waals surface area contributed by atoms with Crippen LogP contribution in [0.5, 0.6) is 0 Å². The maximum absolute atomic E-state index is 4.49. The van der Waals surface area contributed by atoms with Gasteiger partial charge in [-0.15, -0.1) is 11.3 Å². The van der Waals surface area contributed by atoms with Gasteiger partial charge in [-0.3, -0.25) is 5.10 Å². The fourth-order valence-corrected chi connectivity index (χ4v) is 2.53. The Labute approximate surface area is 112 Å². The van der Waals surface area contributed by atoms with Crippen molar-refractivity contribution >= 4 is 11.3 Å². The summed E-state index contributed by atoms with van der Waals surface area (Å²) < 4.78 is 0. The first-order valence-electron chi connectivity index (χ1n) is 6.14. The number of thiazole rings is 1. The van der Waals surface area contributed by atoms with Crippen LogP contribution in [0.4, 0.5) is 0 Å². The second-order valence-corrected chi connectivity index (χ2v) is 6.63. The molecule has 0 aliphatic rings. The number of rotatable bonds is 4. The van der Waals surface area contributed by atoms with E-state index in [-0.39, 0.29) is 5.41 Å². The van der Waals surface area contributed by atoms with Crippen LogP contribution in [0.3, 0.4) is 0 Å². The third-order valence-electron chi connectivity index (χ3n) is 2.80. The van der Waals surface area contributed by atoms with Crippen LogP contribution in [0.25, 0.3) is 0 Å². The van der Waals surface area contributed by atoms with Crippen molar-refractivity contribution in [3.63, 3.8) is 0 Å². The number of H-pyrrole nitrogens is 1. The maximum Gasteiger partial charge on any atom is 0.0981 e. The van der Waals surface area contributed by atoms with E-state index in [0.29, 0.717) is 6.04 Å². The van der Waals surface area contributed by atoms with Gasteiger partial charge in [0.25, 0.3) is 0 Å². The summed E-state index contributed by atoms with van der Waals surface area (Å²) in [5, 5.41) is 11.5. The fourth-order valence-electron chi connectivity index (χ4n) is 1.61. The Bertz CT molecular complexity index is 481. The van der Waals surface area contributed by atoms with Crippen molar-refractivity contribution in [3.05, 3.63) is 34.0 Å². The van der Waals surface area contributed by atoms with Crippen molar-refractivity contribution in [1.82, 2.24) is 20.5 Å². The first-order chi connectivity index (χ1) is 8.47. The van der Waals surface area contributed by atoms with Crippen LogP contribution in [-0.4, -0.2) is 15.2 Å². The van der Waals surface area contributed by atoms with E-state index in [4.69, 9.17) is 0 Å². The molecule has 0 saturated carbocycles. The zero-order chi connectivity index (χ0) is 13.2. The normalized spacial score (nSPS) is 13.8. The van der Waals surface area contributed by atoms with Gasteiger partial charge in [-0.1, -0.05) is 20.8 Å². The Morgan fingerprint density at radius 2 is 2.17 bits per heavy atom. The number of aromatic amines is 1. The van der Waals surface area contributed by atoms with Gasteiger partial charge < -0.3 is 5.32 Å². The summed E-state index contributed by atoms with van der Waals surface area (Å²) in [7, 11) is 0. The van der Waals surface area contributed by atoms with E-state index in [0.717, 1.165) is 6.54 Å². The Balaban J connectivity index is 1.93. The van der Waals surface area contributed by atoms with E-state index in [1.54, 1.807) is 11.3 Å². The van der Waals surface area contributed by atoms with Crippen molar-refractivity contribution in [2.75, 3.05) is 0 Å². The zero-order valence-corrected chi connectivity index (χ0v) is 12.1. The quantitative estimate of drug-likeness (QED) is 0.892. The Kier molecular flexibility index (Phi) is 3.82. The standard InChI is InChI=1S/C13H20N4S/c1-9(10-5-16-17-6-10)14-7-11-8-15-12(18-11)13(2,3)4/h5-6,8-9,14H,7H2,1-4H3,(H,16,17)/t9-/m0/s1. The lowest BCUT2D eigenvalue weighted by Gasteiger charge is -2.13. The lowest BCUT2D eigenvalue weighted by molar-refractivity contribution is 0.578. The molecule has 0 radical (unpaired) electrons. The predicted molar refractivity (Wildman–Crippen MR) is 74.7 cm³/mol. The third kappa shape index (κ3) is 3.17. The molecule has 2 aromatic heterocycles. The minimum atomic E-state index is 0.138. The van der Waals surface area contributed by atoms with Gasteiger partial charge in [0.05, 0.1) is 11.2 Å². The molecule has 2 heterocycles. The van der Waals surface area contributed by atoms with Crippen molar-refractivity contribution in [2.24, 2.45) is 0 Å². The summed E-state index contributed by atoms with van der Waals surface area (Å²) in [6.07, 6.45) is 5.75. The fraction of sp³-hybridized carbons (Fsp3) is 0.538. The molecule has 1 atom stereocenters. The van der Waals surface area contributed by atoms with Crippen LogP contribution in [0.2, 0.25) is 0 Å². The summed E-state index contributed by atoms with van der Waals surface area (Å²) in [6, 6.07) is 0.295. The van der Waals surface area contributed by atoms with Crippen LogP contribution in [0, 0.1) is 0 Å². The van der Waals surface area contributed by atoms with Gasteiger partial charge in [0.15, 0.2) is 0 Å². The molecule has 0 aliphatic heterocycles. The summed E-state index contributed by atoms with van der Waals surface area (Å²) in [5.41, 5.74) is 1.31. The third-order valence-corrected chi connectivity index (χ3v) is 4.22. The average Bonchev–Trinajstić information content (AvgIpc) is 2.96. The molecule has 0 saturated heterocycles.